The Kier molecular flexibility index (Phi) is 12.8. The van der Waals surface area contributed by atoms with Gasteiger partial charge in [0.15, 0.2) is 5.96 Å². The van der Waals surface area contributed by atoms with E-state index < -0.39 is 0 Å². The van der Waals surface area contributed by atoms with Gasteiger partial charge in [-0.15, -0.1) is 24.0 Å². The van der Waals surface area contributed by atoms with Crippen molar-refractivity contribution < 1.29 is 9.15 Å². The predicted octanol–water partition coefficient (Wildman–Crippen LogP) is 3.79. The summed E-state index contributed by atoms with van der Waals surface area (Å²) in [6.45, 7) is 5.27. The van der Waals surface area contributed by atoms with Gasteiger partial charge in [0, 0.05) is 19.7 Å². The highest BCUT2D eigenvalue weighted by atomic mass is 127. The lowest BCUT2D eigenvalue weighted by atomic mass is 9.98. The number of guanidine groups is 1. The summed E-state index contributed by atoms with van der Waals surface area (Å²) in [7, 11) is 4.09. The number of halogens is 1. The van der Waals surface area contributed by atoms with E-state index in [9.17, 15) is 0 Å². The van der Waals surface area contributed by atoms with E-state index in [1.165, 1.54) is 32.1 Å². The first-order valence-corrected chi connectivity index (χ1v) is 10.0. The zero-order chi connectivity index (χ0) is 18.6. The van der Waals surface area contributed by atoms with E-state index in [2.05, 4.69) is 22.5 Å². The number of hydrogen-bond acceptors (Lipinski definition) is 4. The van der Waals surface area contributed by atoms with Gasteiger partial charge in [0.2, 0.25) is 0 Å². The molecule has 0 saturated heterocycles. The third-order valence-corrected chi connectivity index (χ3v) is 4.78. The minimum Gasteiger partial charge on any atom is -0.468 e. The summed E-state index contributed by atoms with van der Waals surface area (Å²) < 4.78 is 11.5. The molecule has 1 aliphatic rings. The average molecular weight is 492 g/mol. The lowest BCUT2D eigenvalue weighted by molar-refractivity contribution is 0.0277. The van der Waals surface area contributed by atoms with Crippen LogP contribution in [-0.4, -0.2) is 57.3 Å². The van der Waals surface area contributed by atoms with Gasteiger partial charge in [0.25, 0.3) is 0 Å². The molecule has 156 valence electrons. The fourth-order valence-corrected chi connectivity index (χ4v) is 3.27. The molecule has 2 rings (SSSR count). The number of furan rings is 1. The molecule has 1 aliphatic carbocycles. The largest absolute Gasteiger partial charge is 0.468 e. The van der Waals surface area contributed by atoms with Crippen molar-refractivity contribution in [3.8, 4) is 0 Å². The van der Waals surface area contributed by atoms with Gasteiger partial charge in [0.1, 0.15) is 5.76 Å². The molecule has 0 aromatic carbocycles. The fraction of sp³-hybridized carbons (Fsp3) is 0.750. The fourth-order valence-electron chi connectivity index (χ4n) is 3.27. The Labute approximate surface area is 181 Å². The molecule has 27 heavy (non-hydrogen) atoms. The Morgan fingerprint density at radius 3 is 2.70 bits per heavy atom. The van der Waals surface area contributed by atoms with E-state index in [1.54, 1.807) is 6.26 Å². The third-order valence-electron chi connectivity index (χ3n) is 4.78. The van der Waals surface area contributed by atoms with Gasteiger partial charge in [-0.1, -0.05) is 19.3 Å². The normalized spacial score (nSPS) is 16.8. The summed E-state index contributed by atoms with van der Waals surface area (Å²) in [5.74, 6) is 1.79. The second kappa shape index (κ2) is 14.2. The first-order valence-electron chi connectivity index (χ1n) is 10.0. The summed E-state index contributed by atoms with van der Waals surface area (Å²) in [6, 6.07) is 4.06. The summed E-state index contributed by atoms with van der Waals surface area (Å²) in [4.78, 5) is 6.86. The molecule has 1 unspecified atom stereocenters. The molecule has 7 heteroatoms. The summed E-state index contributed by atoms with van der Waals surface area (Å²) >= 11 is 0. The van der Waals surface area contributed by atoms with Crippen molar-refractivity contribution in [2.75, 3.05) is 40.3 Å². The predicted molar refractivity (Wildman–Crippen MR) is 122 cm³/mol. The van der Waals surface area contributed by atoms with Gasteiger partial charge in [-0.3, -0.25) is 9.89 Å². The van der Waals surface area contributed by atoms with Crippen LogP contribution in [0.4, 0.5) is 0 Å². The second-order valence-electron chi connectivity index (χ2n) is 7.13. The first kappa shape index (κ1) is 24.2. The minimum absolute atomic E-state index is 0. The number of rotatable bonds is 10. The van der Waals surface area contributed by atoms with Gasteiger partial charge >= 0.3 is 0 Å². The molecule has 1 aromatic rings. The molecule has 0 radical (unpaired) electrons. The van der Waals surface area contributed by atoms with Crippen LogP contribution in [0, 0.1) is 0 Å². The van der Waals surface area contributed by atoms with Crippen LogP contribution in [-0.2, 0) is 4.74 Å². The Hall–Kier alpha value is -0.800. The van der Waals surface area contributed by atoms with E-state index in [4.69, 9.17) is 14.1 Å². The zero-order valence-corrected chi connectivity index (χ0v) is 19.4. The number of nitrogens with zero attached hydrogens (tertiary/aromatic N) is 2. The highest BCUT2D eigenvalue weighted by Crippen LogP contribution is 2.20. The van der Waals surface area contributed by atoms with Crippen molar-refractivity contribution in [2.45, 2.75) is 57.6 Å². The van der Waals surface area contributed by atoms with Crippen molar-refractivity contribution in [3.05, 3.63) is 24.2 Å². The molecule has 0 bridgehead atoms. The maximum Gasteiger partial charge on any atom is 0.191 e. The molecule has 2 N–H and O–H groups in total. The van der Waals surface area contributed by atoms with Crippen LogP contribution in [0.2, 0.25) is 0 Å². The Balaban J connectivity index is 0.00000364. The van der Waals surface area contributed by atoms with Crippen molar-refractivity contribution in [1.82, 2.24) is 15.5 Å². The summed E-state index contributed by atoms with van der Waals surface area (Å²) in [5, 5.41) is 6.72. The van der Waals surface area contributed by atoms with Crippen LogP contribution in [0.1, 0.15) is 57.3 Å². The van der Waals surface area contributed by atoms with Crippen LogP contribution in [0.3, 0.4) is 0 Å². The van der Waals surface area contributed by atoms with Gasteiger partial charge in [0.05, 0.1) is 25.0 Å². The first-order chi connectivity index (χ1) is 12.7. The third kappa shape index (κ3) is 9.30. The molecular weight excluding hydrogens is 455 g/mol. The molecule has 1 aromatic heterocycles. The molecule has 0 spiro atoms. The highest BCUT2D eigenvalue weighted by Gasteiger charge is 2.16. The Bertz CT molecular complexity index is 502. The van der Waals surface area contributed by atoms with Crippen molar-refractivity contribution in [3.63, 3.8) is 0 Å². The van der Waals surface area contributed by atoms with E-state index in [1.807, 2.05) is 26.2 Å². The van der Waals surface area contributed by atoms with Gasteiger partial charge in [-0.05, 0) is 52.4 Å². The minimum atomic E-state index is 0. The van der Waals surface area contributed by atoms with Crippen molar-refractivity contribution in [1.29, 1.82) is 0 Å². The average Bonchev–Trinajstić information content (AvgIpc) is 3.16. The number of likely N-dealkylation sites (N-methyl/N-ethyl adjacent to an activating group) is 1. The second-order valence-corrected chi connectivity index (χ2v) is 7.13. The smallest absolute Gasteiger partial charge is 0.191 e. The Morgan fingerprint density at radius 1 is 1.30 bits per heavy atom. The van der Waals surface area contributed by atoms with Crippen LogP contribution >= 0.6 is 24.0 Å². The van der Waals surface area contributed by atoms with E-state index in [0.29, 0.717) is 12.6 Å². The van der Waals surface area contributed by atoms with Crippen LogP contribution in [0.25, 0.3) is 0 Å². The lowest BCUT2D eigenvalue weighted by Crippen LogP contribution is -2.39. The van der Waals surface area contributed by atoms with E-state index in [-0.39, 0.29) is 30.0 Å². The van der Waals surface area contributed by atoms with Crippen LogP contribution in [0.5, 0.6) is 0 Å². The molecule has 1 fully saturated rings. The number of ether oxygens (including phenoxy) is 1. The molecule has 0 amide bonds. The van der Waals surface area contributed by atoms with Crippen molar-refractivity contribution >= 4 is 29.9 Å². The standard InChI is InChI=1S/C20H36N4O2.HI/c1-4-21-20(22-13-9-15-25-17-10-6-5-7-11-17)23-16-18(24(2)3)19-12-8-14-26-19;/h8,12,14,17-18H,4-7,9-11,13,15-16H2,1-3H3,(H2,21,22,23);1H. The SMILES string of the molecule is CCNC(=NCC(c1ccco1)N(C)C)NCCCOC1CCCCC1.I. The molecule has 1 heterocycles. The maximum atomic E-state index is 5.98. The number of aliphatic imine (C=N–C) groups is 1. The van der Waals surface area contributed by atoms with Crippen molar-refractivity contribution in [2.24, 2.45) is 4.99 Å². The van der Waals surface area contributed by atoms with Crippen LogP contribution < -0.4 is 10.6 Å². The van der Waals surface area contributed by atoms with Gasteiger partial charge in [-0.2, -0.15) is 0 Å². The van der Waals surface area contributed by atoms with Gasteiger partial charge in [-0.25, -0.2) is 0 Å². The van der Waals surface area contributed by atoms with Gasteiger partial charge < -0.3 is 19.8 Å². The molecule has 6 nitrogen and oxygen atoms in total. The Morgan fingerprint density at radius 2 is 2.07 bits per heavy atom. The van der Waals surface area contributed by atoms with E-state index >= 15 is 0 Å². The zero-order valence-electron chi connectivity index (χ0n) is 17.1. The monoisotopic (exact) mass is 492 g/mol. The molecule has 1 atom stereocenters. The molecule has 0 aliphatic heterocycles. The maximum absolute atomic E-state index is 5.98. The highest BCUT2D eigenvalue weighted by molar-refractivity contribution is 14.0. The lowest BCUT2D eigenvalue weighted by Gasteiger charge is -2.22. The van der Waals surface area contributed by atoms with Crippen LogP contribution in [0.15, 0.2) is 27.8 Å². The molecular formula is C20H37IN4O2. The summed E-state index contributed by atoms with van der Waals surface area (Å²) in [5.41, 5.74) is 0. The summed E-state index contributed by atoms with van der Waals surface area (Å²) in [6.07, 6.45) is 9.68. The number of nitrogens with one attached hydrogen (secondary N) is 2. The number of hydrogen-bond donors (Lipinski definition) is 2. The molecule has 1 saturated carbocycles. The van der Waals surface area contributed by atoms with E-state index in [0.717, 1.165) is 37.8 Å². The topological polar surface area (TPSA) is 62.0 Å². The quantitative estimate of drug-likeness (QED) is 0.225.